The van der Waals surface area contributed by atoms with Gasteiger partial charge in [-0.1, -0.05) is 18.2 Å². The van der Waals surface area contributed by atoms with Gasteiger partial charge in [0.25, 0.3) is 0 Å². The molecule has 110 valence electrons. The van der Waals surface area contributed by atoms with E-state index in [0.717, 1.165) is 26.1 Å². The number of ether oxygens (including phenoxy) is 2. The summed E-state index contributed by atoms with van der Waals surface area (Å²) in [6.07, 6.45) is 1.01. The molecule has 1 N–H and O–H groups in total. The van der Waals surface area contributed by atoms with Crippen molar-refractivity contribution in [1.29, 1.82) is 0 Å². The van der Waals surface area contributed by atoms with Crippen molar-refractivity contribution in [3.05, 3.63) is 36.0 Å². The first kappa shape index (κ1) is 15.0. The first-order chi connectivity index (χ1) is 9.86. The number of para-hydroxylation sites is 1. The van der Waals surface area contributed by atoms with E-state index in [1.165, 1.54) is 16.6 Å². The number of nitrogens with one attached hydrogen (secondary N) is 1. The van der Waals surface area contributed by atoms with Crippen molar-refractivity contribution in [2.45, 2.75) is 19.5 Å². The van der Waals surface area contributed by atoms with Gasteiger partial charge in [-0.2, -0.15) is 0 Å². The molecule has 0 spiro atoms. The number of aryl methyl sites for hydroxylation is 1. The molecule has 0 aliphatic heterocycles. The number of fused-ring (bicyclic) bond motifs is 1. The lowest BCUT2D eigenvalue weighted by atomic mass is 10.2. The predicted octanol–water partition coefficient (Wildman–Crippen LogP) is 2.41. The Morgan fingerprint density at radius 1 is 1.15 bits per heavy atom. The van der Waals surface area contributed by atoms with Gasteiger partial charge in [0.05, 0.1) is 13.2 Å². The molecule has 20 heavy (non-hydrogen) atoms. The molecule has 0 aliphatic rings. The third-order valence-corrected chi connectivity index (χ3v) is 3.36. The van der Waals surface area contributed by atoms with Crippen molar-refractivity contribution in [2.75, 3.05) is 34.0 Å². The van der Waals surface area contributed by atoms with E-state index in [2.05, 4.69) is 40.2 Å². The standard InChI is InChI=1S/C16H24N2O2/c1-17-13-15-12-14-6-3-4-7-16(14)18(15)8-5-9-20-11-10-19-2/h3-4,6-7,12,17H,5,8-11,13H2,1-2H3. The first-order valence-corrected chi connectivity index (χ1v) is 7.15. The lowest BCUT2D eigenvalue weighted by Gasteiger charge is -2.11. The lowest BCUT2D eigenvalue weighted by Crippen LogP contribution is -2.12. The van der Waals surface area contributed by atoms with Crippen molar-refractivity contribution in [3.63, 3.8) is 0 Å². The smallest absolute Gasteiger partial charge is 0.0700 e. The summed E-state index contributed by atoms with van der Waals surface area (Å²) in [4.78, 5) is 0. The van der Waals surface area contributed by atoms with Gasteiger partial charge in [-0.25, -0.2) is 0 Å². The van der Waals surface area contributed by atoms with Crippen LogP contribution in [0.15, 0.2) is 30.3 Å². The number of hydrogen-bond donors (Lipinski definition) is 1. The highest BCUT2D eigenvalue weighted by molar-refractivity contribution is 5.81. The van der Waals surface area contributed by atoms with Crippen LogP contribution in [-0.2, 0) is 22.6 Å². The molecule has 0 bridgehead atoms. The van der Waals surface area contributed by atoms with Crippen molar-refractivity contribution in [1.82, 2.24) is 9.88 Å². The topological polar surface area (TPSA) is 35.4 Å². The van der Waals surface area contributed by atoms with E-state index in [-0.39, 0.29) is 0 Å². The van der Waals surface area contributed by atoms with Crippen molar-refractivity contribution < 1.29 is 9.47 Å². The third-order valence-electron chi connectivity index (χ3n) is 3.36. The number of hydrogen-bond acceptors (Lipinski definition) is 3. The fourth-order valence-electron chi connectivity index (χ4n) is 2.43. The average Bonchev–Trinajstić information content (AvgIpc) is 2.81. The van der Waals surface area contributed by atoms with Gasteiger partial charge in [-0.15, -0.1) is 0 Å². The van der Waals surface area contributed by atoms with Crippen LogP contribution in [0.4, 0.5) is 0 Å². The van der Waals surface area contributed by atoms with Crippen LogP contribution in [0.5, 0.6) is 0 Å². The molecule has 4 heteroatoms. The van der Waals surface area contributed by atoms with E-state index < -0.39 is 0 Å². The van der Waals surface area contributed by atoms with Gasteiger partial charge in [0.1, 0.15) is 0 Å². The van der Waals surface area contributed by atoms with Crippen LogP contribution in [0.2, 0.25) is 0 Å². The third kappa shape index (κ3) is 3.82. The monoisotopic (exact) mass is 276 g/mol. The minimum atomic E-state index is 0.664. The summed E-state index contributed by atoms with van der Waals surface area (Å²) < 4.78 is 12.9. The SMILES string of the molecule is CNCc1cc2ccccc2n1CCCOCCOC. The highest BCUT2D eigenvalue weighted by Gasteiger charge is 2.07. The summed E-state index contributed by atoms with van der Waals surface area (Å²) in [5.41, 5.74) is 2.63. The fraction of sp³-hybridized carbons (Fsp3) is 0.500. The Kier molecular flexibility index (Phi) is 6.05. The van der Waals surface area contributed by atoms with E-state index in [9.17, 15) is 0 Å². The minimum absolute atomic E-state index is 0.664. The Balaban J connectivity index is 1.98. The van der Waals surface area contributed by atoms with Crippen LogP contribution in [0.3, 0.4) is 0 Å². The summed E-state index contributed by atoms with van der Waals surface area (Å²) in [5, 5.41) is 4.54. The van der Waals surface area contributed by atoms with Gasteiger partial charge in [0.15, 0.2) is 0 Å². The van der Waals surface area contributed by atoms with Crippen molar-refractivity contribution in [2.24, 2.45) is 0 Å². The molecule has 1 aromatic carbocycles. The Bertz CT molecular complexity index is 522. The van der Waals surface area contributed by atoms with Crippen LogP contribution < -0.4 is 5.32 Å². The molecule has 0 saturated carbocycles. The Labute approximate surface area is 120 Å². The van der Waals surface area contributed by atoms with Crippen LogP contribution >= 0.6 is 0 Å². The Morgan fingerprint density at radius 3 is 2.80 bits per heavy atom. The molecule has 0 radical (unpaired) electrons. The summed E-state index contributed by atoms with van der Waals surface area (Å²) in [5.74, 6) is 0. The number of methoxy groups -OCH3 is 1. The summed E-state index contributed by atoms with van der Waals surface area (Å²) in [7, 11) is 3.68. The Morgan fingerprint density at radius 2 is 2.00 bits per heavy atom. The molecule has 1 heterocycles. The molecule has 0 amide bonds. The van der Waals surface area contributed by atoms with Crippen LogP contribution in [0, 0.1) is 0 Å². The quantitative estimate of drug-likeness (QED) is 0.714. The van der Waals surface area contributed by atoms with E-state index in [4.69, 9.17) is 9.47 Å². The van der Waals surface area contributed by atoms with Gasteiger partial charge < -0.3 is 19.4 Å². The van der Waals surface area contributed by atoms with Crippen LogP contribution in [0.1, 0.15) is 12.1 Å². The molecule has 0 fully saturated rings. The number of nitrogens with zero attached hydrogens (tertiary/aromatic N) is 1. The van der Waals surface area contributed by atoms with E-state index in [1.54, 1.807) is 7.11 Å². The largest absolute Gasteiger partial charge is 0.382 e. The first-order valence-electron chi connectivity index (χ1n) is 7.15. The minimum Gasteiger partial charge on any atom is -0.382 e. The second-order valence-corrected chi connectivity index (χ2v) is 4.84. The lowest BCUT2D eigenvalue weighted by molar-refractivity contribution is 0.0681. The predicted molar refractivity (Wildman–Crippen MR) is 82.0 cm³/mol. The van der Waals surface area contributed by atoms with E-state index in [1.807, 2.05) is 7.05 Å². The summed E-state index contributed by atoms with van der Waals surface area (Å²) >= 11 is 0. The zero-order chi connectivity index (χ0) is 14.2. The van der Waals surface area contributed by atoms with Gasteiger partial charge in [0.2, 0.25) is 0 Å². The van der Waals surface area contributed by atoms with Gasteiger partial charge in [-0.05, 0) is 31.0 Å². The van der Waals surface area contributed by atoms with Crippen LogP contribution in [0.25, 0.3) is 10.9 Å². The molecule has 1 aromatic heterocycles. The molecule has 0 unspecified atom stereocenters. The van der Waals surface area contributed by atoms with Gasteiger partial charge in [0, 0.05) is 38.0 Å². The van der Waals surface area contributed by atoms with Crippen molar-refractivity contribution >= 4 is 10.9 Å². The van der Waals surface area contributed by atoms with Crippen molar-refractivity contribution in [3.8, 4) is 0 Å². The molecule has 2 aromatic rings. The second kappa shape index (κ2) is 8.04. The molecule has 2 rings (SSSR count). The number of aromatic nitrogens is 1. The fourth-order valence-corrected chi connectivity index (χ4v) is 2.43. The highest BCUT2D eigenvalue weighted by Crippen LogP contribution is 2.20. The second-order valence-electron chi connectivity index (χ2n) is 4.84. The van der Waals surface area contributed by atoms with Crippen LogP contribution in [-0.4, -0.2) is 38.5 Å². The zero-order valence-electron chi connectivity index (χ0n) is 12.4. The molecule has 0 aliphatic carbocycles. The molecular weight excluding hydrogens is 252 g/mol. The summed E-state index contributed by atoms with van der Waals surface area (Å²) in [6, 6.07) is 10.8. The van der Waals surface area contributed by atoms with Gasteiger partial charge in [-0.3, -0.25) is 0 Å². The normalized spacial score (nSPS) is 11.3. The maximum absolute atomic E-state index is 5.53. The van der Waals surface area contributed by atoms with E-state index in [0.29, 0.717) is 13.2 Å². The molecule has 0 atom stereocenters. The highest BCUT2D eigenvalue weighted by atomic mass is 16.5. The Hall–Kier alpha value is -1.36. The zero-order valence-corrected chi connectivity index (χ0v) is 12.4. The number of benzene rings is 1. The molecular formula is C16H24N2O2. The number of rotatable bonds is 9. The maximum Gasteiger partial charge on any atom is 0.0700 e. The van der Waals surface area contributed by atoms with E-state index >= 15 is 0 Å². The van der Waals surface area contributed by atoms with Gasteiger partial charge >= 0.3 is 0 Å². The molecule has 4 nitrogen and oxygen atoms in total. The molecule has 0 saturated heterocycles. The maximum atomic E-state index is 5.53. The summed E-state index contributed by atoms with van der Waals surface area (Å²) in [6.45, 7) is 3.98. The average molecular weight is 276 g/mol.